The van der Waals surface area contributed by atoms with Crippen molar-refractivity contribution in [1.82, 2.24) is 5.32 Å². The minimum atomic E-state index is -0.643. The van der Waals surface area contributed by atoms with Crippen molar-refractivity contribution in [2.75, 3.05) is 20.8 Å². The Morgan fingerprint density at radius 1 is 1.16 bits per heavy atom. The number of amides is 1. The molecule has 0 spiro atoms. The predicted octanol–water partition coefficient (Wildman–Crippen LogP) is 3.21. The van der Waals surface area contributed by atoms with Gasteiger partial charge in [0.2, 0.25) is 0 Å². The molecule has 0 atom stereocenters. The fraction of sp³-hybridized carbons (Fsp3) is 0.556. The van der Waals surface area contributed by atoms with Gasteiger partial charge in [-0.15, -0.1) is 0 Å². The molecule has 1 aromatic carbocycles. The van der Waals surface area contributed by atoms with Crippen LogP contribution in [0.3, 0.4) is 0 Å². The zero-order valence-electron chi connectivity index (χ0n) is 14.8. The molecule has 1 saturated carbocycles. The monoisotopic (exact) mass is 369 g/mol. The highest BCUT2D eigenvalue weighted by molar-refractivity contribution is 6.32. The number of carbonyl (C=O) groups is 2. The number of methoxy groups -OCH3 is 2. The third-order valence-electron chi connectivity index (χ3n) is 4.38. The molecule has 138 valence electrons. The molecule has 6 nitrogen and oxygen atoms in total. The van der Waals surface area contributed by atoms with Gasteiger partial charge in [0.15, 0.2) is 18.1 Å². The van der Waals surface area contributed by atoms with Gasteiger partial charge in [-0.25, -0.2) is 4.79 Å². The van der Waals surface area contributed by atoms with E-state index >= 15 is 0 Å². The van der Waals surface area contributed by atoms with E-state index in [0.29, 0.717) is 17.4 Å². The Kier molecular flexibility index (Phi) is 6.93. The van der Waals surface area contributed by atoms with Gasteiger partial charge in [-0.05, 0) is 43.7 Å². The summed E-state index contributed by atoms with van der Waals surface area (Å²) in [6, 6.07) is 3.05. The highest BCUT2D eigenvalue weighted by atomic mass is 35.5. The number of nitrogens with one attached hydrogen (secondary N) is 1. The second kappa shape index (κ2) is 8.94. The van der Waals surface area contributed by atoms with Crippen LogP contribution in [0.4, 0.5) is 0 Å². The molecule has 25 heavy (non-hydrogen) atoms. The lowest BCUT2D eigenvalue weighted by molar-refractivity contribution is -0.125. The fourth-order valence-electron chi connectivity index (χ4n) is 2.92. The second-order valence-electron chi connectivity index (χ2n) is 6.29. The summed E-state index contributed by atoms with van der Waals surface area (Å²) in [5.74, 6) is 0.434. The molecule has 0 aliphatic heterocycles. The first-order valence-corrected chi connectivity index (χ1v) is 8.70. The molecule has 1 aliphatic rings. The van der Waals surface area contributed by atoms with Gasteiger partial charge in [0, 0.05) is 6.04 Å². The van der Waals surface area contributed by atoms with Crippen molar-refractivity contribution in [2.45, 2.75) is 38.6 Å². The maximum absolute atomic E-state index is 12.1. The lowest BCUT2D eigenvalue weighted by Gasteiger charge is -2.26. The van der Waals surface area contributed by atoms with Gasteiger partial charge in [-0.1, -0.05) is 18.5 Å². The van der Waals surface area contributed by atoms with E-state index in [2.05, 4.69) is 12.2 Å². The quantitative estimate of drug-likeness (QED) is 0.779. The fourth-order valence-corrected chi connectivity index (χ4v) is 3.21. The average Bonchev–Trinajstić information content (AvgIpc) is 2.60. The third kappa shape index (κ3) is 5.26. The van der Waals surface area contributed by atoms with Crippen molar-refractivity contribution in [3.05, 3.63) is 22.7 Å². The number of hydrogen-bond acceptors (Lipinski definition) is 5. The summed E-state index contributed by atoms with van der Waals surface area (Å²) in [6.07, 6.45) is 4.14. The van der Waals surface area contributed by atoms with Crippen LogP contribution in [0.25, 0.3) is 0 Å². The topological polar surface area (TPSA) is 73.9 Å². The molecule has 1 N–H and O–H groups in total. The zero-order valence-corrected chi connectivity index (χ0v) is 15.5. The molecular formula is C18H24ClNO5. The number of hydrogen-bond donors (Lipinski definition) is 1. The molecule has 0 aromatic heterocycles. The van der Waals surface area contributed by atoms with Gasteiger partial charge >= 0.3 is 5.97 Å². The summed E-state index contributed by atoms with van der Waals surface area (Å²) in [5, 5.41) is 3.14. The van der Waals surface area contributed by atoms with E-state index in [0.717, 1.165) is 25.7 Å². The number of esters is 1. The Labute approximate surface area is 152 Å². The Hall–Kier alpha value is -1.95. The van der Waals surface area contributed by atoms with Crippen LogP contribution in [0.15, 0.2) is 12.1 Å². The summed E-state index contributed by atoms with van der Waals surface area (Å²) >= 11 is 6.07. The highest BCUT2D eigenvalue weighted by Gasteiger charge is 2.21. The maximum Gasteiger partial charge on any atom is 0.338 e. The van der Waals surface area contributed by atoms with E-state index in [9.17, 15) is 9.59 Å². The molecule has 0 radical (unpaired) electrons. The number of benzene rings is 1. The number of ether oxygens (including phenoxy) is 3. The van der Waals surface area contributed by atoms with Crippen molar-refractivity contribution in [3.8, 4) is 11.5 Å². The standard InChI is InChI=1S/C18H24ClNO5/c1-11-4-6-13(7-5-11)20-16(21)10-25-18(22)12-8-14(19)17(24-3)15(9-12)23-2/h8-9,11,13H,4-7,10H2,1-3H3,(H,20,21). The summed E-state index contributed by atoms with van der Waals surface area (Å²) in [4.78, 5) is 24.1. The smallest absolute Gasteiger partial charge is 0.338 e. The van der Waals surface area contributed by atoms with Gasteiger partial charge < -0.3 is 19.5 Å². The molecule has 0 heterocycles. The predicted molar refractivity (Wildman–Crippen MR) is 94.4 cm³/mol. The molecule has 1 fully saturated rings. The van der Waals surface area contributed by atoms with Crippen molar-refractivity contribution in [1.29, 1.82) is 0 Å². The number of carbonyl (C=O) groups excluding carboxylic acids is 2. The Morgan fingerprint density at radius 3 is 2.44 bits per heavy atom. The van der Waals surface area contributed by atoms with E-state index in [1.165, 1.54) is 26.4 Å². The van der Waals surface area contributed by atoms with E-state index in [4.69, 9.17) is 25.8 Å². The lowest BCUT2D eigenvalue weighted by Crippen LogP contribution is -2.39. The van der Waals surface area contributed by atoms with Gasteiger partial charge in [0.25, 0.3) is 5.91 Å². The molecule has 1 amide bonds. The van der Waals surface area contributed by atoms with Crippen molar-refractivity contribution >= 4 is 23.5 Å². The minimum absolute atomic E-state index is 0.165. The maximum atomic E-state index is 12.1. The first-order chi connectivity index (χ1) is 11.9. The van der Waals surface area contributed by atoms with Crippen molar-refractivity contribution < 1.29 is 23.8 Å². The Morgan fingerprint density at radius 2 is 1.84 bits per heavy atom. The van der Waals surface area contributed by atoms with E-state index < -0.39 is 5.97 Å². The van der Waals surface area contributed by atoms with Crippen LogP contribution in [0.5, 0.6) is 11.5 Å². The SMILES string of the molecule is COc1cc(C(=O)OCC(=O)NC2CCC(C)CC2)cc(Cl)c1OC. The third-order valence-corrected chi connectivity index (χ3v) is 4.67. The van der Waals surface area contributed by atoms with Crippen LogP contribution in [0, 0.1) is 5.92 Å². The largest absolute Gasteiger partial charge is 0.493 e. The van der Waals surface area contributed by atoms with Crippen LogP contribution >= 0.6 is 11.6 Å². The highest BCUT2D eigenvalue weighted by Crippen LogP contribution is 2.36. The summed E-state index contributed by atoms with van der Waals surface area (Å²) in [7, 11) is 2.90. The normalized spacial score (nSPS) is 19.8. The summed E-state index contributed by atoms with van der Waals surface area (Å²) in [6.45, 7) is 1.89. The molecule has 1 aliphatic carbocycles. The van der Waals surface area contributed by atoms with Gasteiger partial charge in [0.05, 0.1) is 24.8 Å². The van der Waals surface area contributed by atoms with Crippen molar-refractivity contribution in [2.24, 2.45) is 5.92 Å². The summed E-state index contributed by atoms with van der Waals surface area (Å²) < 4.78 is 15.3. The van der Waals surface area contributed by atoms with Crippen LogP contribution < -0.4 is 14.8 Å². The zero-order chi connectivity index (χ0) is 18.4. The Bertz CT molecular complexity index is 626. The molecule has 0 unspecified atom stereocenters. The Balaban J connectivity index is 1.89. The van der Waals surface area contributed by atoms with Crippen LogP contribution in [-0.4, -0.2) is 38.7 Å². The number of rotatable bonds is 6. The van der Waals surface area contributed by atoms with E-state index in [-0.39, 0.29) is 29.1 Å². The lowest BCUT2D eigenvalue weighted by atomic mass is 9.87. The van der Waals surface area contributed by atoms with Crippen LogP contribution in [0.1, 0.15) is 43.0 Å². The van der Waals surface area contributed by atoms with Crippen LogP contribution in [-0.2, 0) is 9.53 Å². The molecule has 2 rings (SSSR count). The van der Waals surface area contributed by atoms with Gasteiger partial charge in [0.1, 0.15) is 0 Å². The van der Waals surface area contributed by atoms with Gasteiger partial charge in [-0.2, -0.15) is 0 Å². The van der Waals surface area contributed by atoms with Crippen molar-refractivity contribution in [3.63, 3.8) is 0 Å². The summed E-state index contributed by atoms with van der Waals surface area (Å²) in [5.41, 5.74) is 0.196. The molecular weight excluding hydrogens is 346 g/mol. The van der Waals surface area contributed by atoms with E-state index in [1.54, 1.807) is 0 Å². The molecule has 0 saturated heterocycles. The molecule has 0 bridgehead atoms. The molecule has 7 heteroatoms. The number of halogens is 1. The van der Waals surface area contributed by atoms with Gasteiger partial charge in [-0.3, -0.25) is 4.79 Å². The second-order valence-corrected chi connectivity index (χ2v) is 6.70. The average molecular weight is 370 g/mol. The molecule has 1 aromatic rings. The first kappa shape index (κ1) is 19.4. The van der Waals surface area contributed by atoms with E-state index in [1.807, 2.05) is 0 Å². The first-order valence-electron chi connectivity index (χ1n) is 8.32. The minimum Gasteiger partial charge on any atom is -0.493 e. The van der Waals surface area contributed by atoms with Crippen LogP contribution in [0.2, 0.25) is 5.02 Å².